The lowest BCUT2D eigenvalue weighted by molar-refractivity contribution is 0.0893. The highest BCUT2D eigenvalue weighted by molar-refractivity contribution is 6.00. The van der Waals surface area contributed by atoms with Crippen molar-refractivity contribution in [2.24, 2.45) is 5.92 Å². The summed E-state index contributed by atoms with van der Waals surface area (Å²) in [7, 11) is 0. The van der Waals surface area contributed by atoms with Crippen molar-refractivity contribution in [2.45, 2.75) is 19.9 Å². The van der Waals surface area contributed by atoms with Crippen LogP contribution in [-0.4, -0.2) is 33.9 Å². The number of aromatic amines is 1. The largest absolute Gasteiger partial charge is 0.394 e. The van der Waals surface area contributed by atoms with E-state index >= 15 is 4.39 Å². The van der Waals surface area contributed by atoms with Crippen molar-refractivity contribution in [3.8, 4) is 0 Å². The van der Waals surface area contributed by atoms with Crippen molar-refractivity contribution in [1.82, 2.24) is 15.5 Å². The second kappa shape index (κ2) is 8.31. The molecule has 2 aromatic carbocycles. The van der Waals surface area contributed by atoms with Crippen molar-refractivity contribution in [2.75, 3.05) is 6.61 Å². The molecule has 3 N–H and O–H groups in total. The molecule has 0 bridgehead atoms. The minimum absolute atomic E-state index is 0.000528. The fourth-order valence-corrected chi connectivity index (χ4v) is 2.85. The summed E-state index contributed by atoms with van der Waals surface area (Å²) in [5.74, 6) is -1.68. The van der Waals surface area contributed by atoms with E-state index in [1.54, 1.807) is 30.4 Å². The Kier molecular flexibility index (Phi) is 5.84. The molecule has 0 aliphatic carbocycles. The zero-order valence-corrected chi connectivity index (χ0v) is 15.5. The van der Waals surface area contributed by atoms with Gasteiger partial charge < -0.3 is 10.4 Å². The smallest absolute Gasteiger partial charge is 0.254 e. The summed E-state index contributed by atoms with van der Waals surface area (Å²) in [4.78, 5) is 12.5. The van der Waals surface area contributed by atoms with E-state index in [1.807, 2.05) is 13.8 Å². The first-order chi connectivity index (χ1) is 13.4. The fraction of sp³-hybridized carbons (Fsp3) is 0.238. The van der Waals surface area contributed by atoms with E-state index in [-0.39, 0.29) is 29.3 Å². The van der Waals surface area contributed by atoms with Crippen molar-refractivity contribution < 1.29 is 18.7 Å². The Bertz CT molecular complexity index is 1030. The molecule has 28 heavy (non-hydrogen) atoms. The first-order valence-electron chi connectivity index (χ1n) is 8.92. The van der Waals surface area contributed by atoms with Crippen molar-refractivity contribution >= 4 is 29.0 Å². The summed E-state index contributed by atoms with van der Waals surface area (Å²) in [6.07, 6.45) is 3.18. The number of hydrogen-bond donors (Lipinski definition) is 3. The Hall–Kier alpha value is -3.06. The average molecular weight is 385 g/mol. The van der Waals surface area contributed by atoms with Crippen LogP contribution < -0.4 is 5.32 Å². The maximum atomic E-state index is 15.1. The molecule has 0 fully saturated rings. The zero-order chi connectivity index (χ0) is 20.3. The third-order valence-electron chi connectivity index (χ3n) is 4.54. The van der Waals surface area contributed by atoms with E-state index in [0.29, 0.717) is 16.8 Å². The van der Waals surface area contributed by atoms with Gasteiger partial charge in [-0.25, -0.2) is 8.78 Å². The molecule has 3 aromatic rings. The second-order valence-electron chi connectivity index (χ2n) is 6.85. The van der Waals surface area contributed by atoms with Gasteiger partial charge in [0.1, 0.15) is 11.6 Å². The van der Waals surface area contributed by atoms with Gasteiger partial charge in [-0.3, -0.25) is 9.89 Å². The van der Waals surface area contributed by atoms with Gasteiger partial charge in [-0.1, -0.05) is 32.1 Å². The van der Waals surface area contributed by atoms with Crippen LogP contribution in [-0.2, 0) is 0 Å². The first kappa shape index (κ1) is 19.7. The topological polar surface area (TPSA) is 78.0 Å². The minimum atomic E-state index is -0.705. The van der Waals surface area contributed by atoms with Gasteiger partial charge in [-0.05, 0) is 41.8 Å². The number of aromatic nitrogens is 2. The summed E-state index contributed by atoms with van der Waals surface area (Å²) in [6, 6.07) is 8.45. The third-order valence-corrected chi connectivity index (χ3v) is 4.54. The van der Waals surface area contributed by atoms with E-state index in [0.717, 1.165) is 0 Å². The van der Waals surface area contributed by atoms with E-state index in [2.05, 4.69) is 15.5 Å². The maximum Gasteiger partial charge on any atom is 0.254 e. The summed E-state index contributed by atoms with van der Waals surface area (Å²) >= 11 is 0. The summed E-state index contributed by atoms with van der Waals surface area (Å²) in [6.45, 7) is 3.47. The number of amides is 1. The van der Waals surface area contributed by atoms with Crippen LogP contribution in [0.1, 0.15) is 35.5 Å². The number of benzene rings is 2. The maximum absolute atomic E-state index is 15.1. The van der Waals surface area contributed by atoms with Gasteiger partial charge in [0.2, 0.25) is 0 Å². The molecule has 3 rings (SSSR count). The van der Waals surface area contributed by atoms with Gasteiger partial charge in [-0.2, -0.15) is 5.10 Å². The number of aliphatic hydroxyl groups is 1. The average Bonchev–Trinajstić information content (AvgIpc) is 3.08. The van der Waals surface area contributed by atoms with Gasteiger partial charge in [0.15, 0.2) is 0 Å². The molecule has 1 amide bonds. The Labute approximate surface area is 161 Å². The van der Waals surface area contributed by atoms with Crippen LogP contribution in [0.15, 0.2) is 36.4 Å². The quantitative estimate of drug-likeness (QED) is 0.605. The van der Waals surface area contributed by atoms with Crippen molar-refractivity contribution in [3.63, 3.8) is 0 Å². The molecule has 0 unspecified atom stereocenters. The molecular formula is C21H21F2N3O2. The minimum Gasteiger partial charge on any atom is -0.394 e. The number of carbonyl (C=O) groups is 1. The molecule has 1 heterocycles. The number of carbonyl (C=O) groups excluding carboxylic acids is 1. The Morgan fingerprint density at radius 2 is 2.04 bits per heavy atom. The van der Waals surface area contributed by atoms with Gasteiger partial charge >= 0.3 is 0 Å². The van der Waals surface area contributed by atoms with Crippen LogP contribution in [0.25, 0.3) is 23.1 Å². The number of nitrogens with one attached hydrogen (secondary N) is 2. The molecule has 0 saturated heterocycles. The third kappa shape index (κ3) is 4.09. The highest BCUT2D eigenvalue weighted by atomic mass is 19.1. The van der Waals surface area contributed by atoms with Crippen LogP contribution in [0.4, 0.5) is 8.78 Å². The van der Waals surface area contributed by atoms with E-state index in [1.165, 1.54) is 18.2 Å². The van der Waals surface area contributed by atoms with Gasteiger partial charge in [-0.15, -0.1) is 0 Å². The number of hydrogen-bond acceptors (Lipinski definition) is 3. The predicted octanol–water partition coefficient (Wildman–Crippen LogP) is 3.76. The molecule has 0 aliphatic heterocycles. The molecular weight excluding hydrogens is 364 g/mol. The highest BCUT2D eigenvalue weighted by Gasteiger charge is 2.21. The normalized spacial score (nSPS) is 12.8. The summed E-state index contributed by atoms with van der Waals surface area (Å²) in [5, 5.41) is 19.0. The SMILES string of the molecule is CC(C)[C@@H](CO)NC(=O)c1ccc2[nH]nc(C=Cc3cccc(F)c3)c2c1F. The van der Waals surface area contributed by atoms with Crippen molar-refractivity contribution in [3.05, 3.63) is 64.9 Å². The molecule has 7 heteroatoms. The Morgan fingerprint density at radius 3 is 2.71 bits per heavy atom. The summed E-state index contributed by atoms with van der Waals surface area (Å²) in [5.41, 5.74) is 1.21. The molecule has 1 atom stereocenters. The van der Waals surface area contributed by atoms with Gasteiger partial charge in [0.05, 0.1) is 34.8 Å². The predicted molar refractivity (Wildman–Crippen MR) is 105 cm³/mol. The number of halogens is 2. The molecule has 0 aliphatic rings. The molecule has 0 radical (unpaired) electrons. The number of fused-ring (bicyclic) bond motifs is 1. The lowest BCUT2D eigenvalue weighted by atomic mass is 10.0. The summed E-state index contributed by atoms with van der Waals surface area (Å²) < 4.78 is 28.4. The number of aliphatic hydroxyl groups excluding tert-OH is 1. The zero-order valence-electron chi connectivity index (χ0n) is 15.5. The van der Waals surface area contributed by atoms with Gasteiger partial charge in [0, 0.05) is 0 Å². The Morgan fingerprint density at radius 1 is 1.25 bits per heavy atom. The van der Waals surface area contributed by atoms with Crippen LogP contribution in [0, 0.1) is 17.6 Å². The lowest BCUT2D eigenvalue weighted by Crippen LogP contribution is -2.41. The van der Waals surface area contributed by atoms with Gasteiger partial charge in [0.25, 0.3) is 5.91 Å². The molecule has 146 valence electrons. The highest BCUT2D eigenvalue weighted by Crippen LogP contribution is 2.24. The van der Waals surface area contributed by atoms with Crippen LogP contribution in [0.2, 0.25) is 0 Å². The number of H-pyrrole nitrogens is 1. The molecule has 0 saturated carbocycles. The van der Waals surface area contributed by atoms with Crippen LogP contribution in [0.3, 0.4) is 0 Å². The van der Waals surface area contributed by atoms with E-state index < -0.39 is 17.8 Å². The Balaban J connectivity index is 1.94. The standard InChI is InChI=1S/C21H21F2N3O2/c1-12(2)18(11-27)24-21(28)15-7-9-17-19(20(15)23)16(25-26-17)8-6-13-4-3-5-14(22)10-13/h3-10,12,18,27H,11H2,1-2H3,(H,24,28)(H,25,26)/t18-/m1/s1. The van der Waals surface area contributed by atoms with E-state index in [9.17, 15) is 14.3 Å². The fourth-order valence-electron chi connectivity index (χ4n) is 2.85. The monoisotopic (exact) mass is 385 g/mol. The number of rotatable bonds is 6. The van der Waals surface area contributed by atoms with Crippen LogP contribution in [0.5, 0.6) is 0 Å². The molecule has 5 nitrogen and oxygen atoms in total. The first-order valence-corrected chi connectivity index (χ1v) is 8.92. The molecule has 1 aromatic heterocycles. The second-order valence-corrected chi connectivity index (χ2v) is 6.85. The molecule has 0 spiro atoms. The van der Waals surface area contributed by atoms with Crippen molar-refractivity contribution in [1.29, 1.82) is 0 Å². The lowest BCUT2D eigenvalue weighted by Gasteiger charge is -2.20. The number of nitrogens with zero attached hydrogens (tertiary/aromatic N) is 1. The van der Waals surface area contributed by atoms with Crippen LogP contribution >= 0.6 is 0 Å². The van der Waals surface area contributed by atoms with E-state index in [4.69, 9.17) is 0 Å².